The summed E-state index contributed by atoms with van der Waals surface area (Å²) in [6.07, 6.45) is 3.20. The Labute approximate surface area is 164 Å². The molecule has 0 saturated carbocycles. The number of carbonyl (C=O) groups is 1. The molecule has 0 atom stereocenters. The van der Waals surface area contributed by atoms with Gasteiger partial charge >= 0.3 is 0 Å². The van der Waals surface area contributed by atoms with Crippen LogP contribution in [0.1, 0.15) is 37.6 Å². The highest BCUT2D eigenvalue weighted by Gasteiger charge is 2.18. The first-order valence-electron chi connectivity index (χ1n) is 9.92. The summed E-state index contributed by atoms with van der Waals surface area (Å²) in [7, 11) is 0. The van der Waals surface area contributed by atoms with Crippen molar-refractivity contribution in [3.63, 3.8) is 0 Å². The molecule has 146 valence electrons. The molecule has 0 bridgehead atoms. The molecule has 28 heavy (non-hydrogen) atoms. The second-order valence-corrected chi connectivity index (χ2v) is 7.61. The topological polar surface area (TPSA) is 75.4 Å². The smallest absolute Gasteiger partial charge is 0.224 e. The lowest BCUT2D eigenvalue weighted by Gasteiger charge is -2.30. The highest BCUT2D eigenvalue weighted by Crippen LogP contribution is 2.21. The van der Waals surface area contributed by atoms with Crippen LogP contribution in [-0.2, 0) is 11.2 Å². The van der Waals surface area contributed by atoms with Crippen molar-refractivity contribution in [2.24, 2.45) is 5.92 Å². The molecule has 3 heterocycles. The molecule has 1 aliphatic rings. The van der Waals surface area contributed by atoms with E-state index < -0.39 is 0 Å². The molecular weight excluding hydrogens is 352 g/mol. The van der Waals surface area contributed by atoms with Crippen LogP contribution in [0.2, 0.25) is 0 Å². The van der Waals surface area contributed by atoms with Crippen LogP contribution in [0.5, 0.6) is 0 Å². The van der Waals surface area contributed by atoms with E-state index in [9.17, 15) is 4.79 Å². The normalized spacial score (nSPS) is 15.1. The van der Waals surface area contributed by atoms with Crippen LogP contribution < -0.4 is 10.2 Å². The Morgan fingerprint density at radius 2 is 1.93 bits per heavy atom. The maximum Gasteiger partial charge on any atom is 0.224 e. The third-order valence-electron chi connectivity index (χ3n) is 5.42. The number of nitrogens with zero attached hydrogens (tertiary/aromatic N) is 5. The fraction of sp³-hybridized carbons (Fsp3) is 0.429. The number of amides is 1. The maximum atomic E-state index is 12.3. The van der Waals surface area contributed by atoms with Crippen molar-refractivity contribution in [2.45, 2.75) is 39.5 Å². The fourth-order valence-corrected chi connectivity index (χ4v) is 3.54. The van der Waals surface area contributed by atoms with Crippen molar-refractivity contribution >= 4 is 23.1 Å². The summed E-state index contributed by atoms with van der Waals surface area (Å²) in [6, 6.07) is 11.7. The fourth-order valence-electron chi connectivity index (χ4n) is 3.54. The molecule has 0 radical (unpaired) electrons. The van der Waals surface area contributed by atoms with Gasteiger partial charge in [-0.3, -0.25) is 4.79 Å². The Morgan fingerprint density at radius 1 is 1.14 bits per heavy atom. The minimum atomic E-state index is -0.0350. The number of rotatable bonds is 5. The summed E-state index contributed by atoms with van der Waals surface area (Å²) < 4.78 is 1.77. The molecule has 2 aromatic heterocycles. The SMILES string of the molecule is Cc1ccccc1NC(=O)CCc1nnc2ccc(N3CCC(C)CC3)nn12. The van der Waals surface area contributed by atoms with Gasteiger partial charge < -0.3 is 10.2 Å². The number of nitrogens with one attached hydrogen (secondary N) is 1. The first-order chi connectivity index (χ1) is 13.6. The predicted octanol–water partition coefficient (Wildman–Crippen LogP) is 3.24. The number of aromatic nitrogens is 4. The molecule has 3 aromatic rings. The van der Waals surface area contributed by atoms with Gasteiger partial charge in [-0.15, -0.1) is 15.3 Å². The Balaban J connectivity index is 1.44. The first kappa shape index (κ1) is 18.4. The van der Waals surface area contributed by atoms with E-state index in [0.717, 1.165) is 36.1 Å². The quantitative estimate of drug-likeness (QED) is 0.738. The number of hydrogen-bond donors (Lipinski definition) is 1. The summed E-state index contributed by atoms with van der Waals surface area (Å²) in [5.74, 6) is 2.40. The second-order valence-electron chi connectivity index (χ2n) is 7.61. The molecule has 1 N–H and O–H groups in total. The zero-order chi connectivity index (χ0) is 19.5. The standard InChI is InChI=1S/C21H26N6O/c1-15-11-13-26(14-12-15)20-8-7-18-23-24-19(27(18)25-20)9-10-21(28)22-17-6-4-3-5-16(17)2/h3-8,15H,9-14H2,1-2H3,(H,22,28). The summed E-state index contributed by atoms with van der Waals surface area (Å²) >= 11 is 0. The molecule has 1 fully saturated rings. The predicted molar refractivity (Wildman–Crippen MR) is 110 cm³/mol. The van der Waals surface area contributed by atoms with Crippen LogP contribution in [0, 0.1) is 12.8 Å². The number of benzene rings is 1. The Morgan fingerprint density at radius 3 is 2.71 bits per heavy atom. The molecule has 7 nitrogen and oxygen atoms in total. The Hall–Kier alpha value is -2.96. The van der Waals surface area contributed by atoms with Crippen LogP contribution in [0.4, 0.5) is 11.5 Å². The number of fused-ring (bicyclic) bond motifs is 1. The third-order valence-corrected chi connectivity index (χ3v) is 5.42. The summed E-state index contributed by atoms with van der Waals surface area (Å²) in [5, 5.41) is 16.1. The van der Waals surface area contributed by atoms with Gasteiger partial charge in [0.1, 0.15) is 5.82 Å². The molecule has 7 heteroatoms. The van der Waals surface area contributed by atoms with E-state index >= 15 is 0 Å². The molecule has 1 aliphatic heterocycles. The lowest BCUT2D eigenvalue weighted by molar-refractivity contribution is -0.116. The molecule has 1 amide bonds. The maximum absolute atomic E-state index is 12.3. The van der Waals surface area contributed by atoms with Gasteiger partial charge in [-0.2, -0.15) is 4.52 Å². The summed E-state index contributed by atoms with van der Waals surface area (Å²) in [4.78, 5) is 14.7. The van der Waals surface area contributed by atoms with E-state index in [1.807, 2.05) is 43.3 Å². The van der Waals surface area contributed by atoms with E-state index in [2.05, 4.69) is 27.3 Å². The molecular formula is C21H26N6O. The summed E-state index contributed by atoms with van der Waals surface area (Å²) in [5.41, 5.74) is 2.60. The zero-order valence-electron chi connectivity index (χ0n) is 16.4. The van der Waals surface area contributed by atoms with Crippen LogP contribution in [0.3, 0.4) is 0 Å². The van der Waals surface area contributed by atoms with Gasteiger partial charge in [-0.25, -0.2) is 0 Å². The average Bonchev–Trinajstić information content (AvgIpc) is 3.11. The van der Waals surface area contributed by atoms with Gasteiger partial charge in [0.2, 0.25) is 5.91 Å². The first-order valence-corrected chi connectivity index (χ1v) is 9.92. The van der Waals surface area contributed by atoms with Crippen molar-refractivity contribution in [3.05, 3.63) is 47.8 Å². The molecule has 4 rings (SSSR count). The van der Waals surface area contributed by atoms with E-state index in [-0.39, 0.29) is 5.91 Å². The van der Waals surface area contributed by atoms with Crippen LogP contribution in [0.15, 0.2) is 36.4 Å². The number of anilines is 2. The van der Waals surface area contributed by atoms with Crippen molar-refractivity contribution in [1.29, 1.82) is 0 Å². The Kier molecular flexibility index (Phi) is 5.23. The van der Waals surface area contributed by atoms with Gasteiger partial charge in [0.25, 0.3) is 0 Å². The largest absolute Gasteiger partial charge is 0.355 e. The molecule has 0 unspecified atom stereocenters. The Bertz CT molecular complexity index is 974. The van der Waals surface area contributed by atoms with Crippen molar-refractivity contribution in [1.82, 2.24) is 19.8 Å². The van der Waals surface area contributed by atoms with E-state index in [0.29, 0.717) is 24.3 Å². The van der Waals surface area contributed by atoms with Gasteiger partial charge in [-0.05, 0) is 49.4 Å². The highest BCUT2D eigenvalue weighted by molar-refractivity contribution is 5.91. The lowest BCUT2D eigenvalue weighted by Crippen LogP contribution is -2.33. The number of hydrogen-bond acceptors (Lipinski definition) is 5. The van der Waals surface area contributed by atoms with Crippen LogP contribution in [0.25, 0.3) is 5.65 Å². The van der Waals surface area contributed by atoms with Crippen molar-refractivity contribution in [3.8, 4) is 0 Å². The second kappa shape index (κ2) is 7.96. The summed E-state index contributed by atoms with van der Waals surface area (Å²) in [6.45, 7) is 6.33. The van der Waals surface area contributed by atoms with Crippen molar-refractivity contribution in [2.75, 3.05) is 23.3 Å². The molecule has 1 saturated heterocycles. The number of aryl methyl sites for hydroxylation is 2. The molecule has 0 aliphatic carbocycles. The lowest BCUT2D eigenvalue weighted by atomic mass is 9.99. The highest BCUT2D eigenvalue weighted by atomic mass is 16.1. The van der Waals surface area contributed by atoms with Gasteiger partial charge in [-0.1, -0.05) is 25.1 Å². The molecule has 0 spiro atoms. The third kappa shape index (κ3) is 3.98. The van der Waals surface area contributed by atoms with Crippen LogP contribution in [-0.4, -0.2) is 38.8 Å². The number of piperidine rings is 1. The van der Waals surface area contributed by atoms with Crippen LogP contribution >= 0.6 is 0 Å². The van der Waals surface area contributed by atoms with E-state index in [1.165, 1.54) is 12.8 Å². The zero-order valence-corrected chi connectivity index (χ0v) is 16.4. The van der Waals surface area contributed by atoms with Gasteiger partial charge in [0.15, 0.2) is 11.5 Å². The van der Waals surface area contributed by atoms with E-state index in [4.69, 9.17) is 5.10 Å². The van der Waals surface area contributed by atoms with Crippen molar-refractivity contribution < 1.29 is 4.79 Å². The van der Waals surface area contributed by atoms with Gasteiger partial charge in [0, 0.05) is 31.6 Å². The minimum absolute atomic E-state index is 0.0350. The average molecular weight is 378 g/mol. The number of carbonyl (C=O) groups excluding carboxylic acids is 1. The molecule has 1 aromatic carbocycles. The number of para-hydroxylation sites is 1. The van der Waals surface area contributed by atoms with E-state index in [1.54, 1.807) is 4.52 Å². The van der Waals surface area contributed by atoms with Gasteiger partial charge in [0.05, 0.1) is 0 Å². The minimum Gasteiger partial charge on any atom is -0.355 e. The monoisotopic (exact) mass is 378 g/mol.